The van der Waals surface area contributed by atoms with Gasteiger partial charge in [0, 0.05) is 14.5 Å². The number of nitrogen functional groups attached to an aromatic ring is 1. The van der Waals surface area contributed by atoms with Crippen LogP contribution in [0.3, 0.4) is 0 Å². The molecule has 0 aliphatic rings. The molecule has 0 aliphatic carbocycles. The SMILES string of the molecule is COc1cc(C)c(Br)cc1C(=O)c1cc(N)c(F)cc1Br. The molecule has 3 nitrogen and oxygen atoms in total. The molecule has 2 rings (SSSR count). The van der Waals surface area contributed by atoms with Crippen molar-refractivity contribution >= 4 is 43.3 Å². The van der Waals surface area contributed by atoms with Crippen LogP contribution in [0.2, 0.25) is 0 Å². The summed E-state index contributed by atoms with van der Waals surface area (Å²) in [6, 6.07) is 5.94. The van der Waals surface area contributed by atoms with E-state index >= 15 is 0 Å². The fourth-order valence-corrected chi connectivity index (χ4v) is 2.73. The van der Waals surface area contributed by atoms with Crippen LogP contribution in [0.5, 0.6) is 5.75 Å². The van der Waals surface area contributed by atoms with Gasteiger partial charge >= 0.3 is 0 Å². The highest BCUT2D eigenvalue weighted by atomic mass is 79.9. The summed E-state index contributed by atoms with van der Waals surface area (Å²) in [5, 5.41) is 0. The number of benzene rings is 2. The zero-order valence-corrected chi connectivity index (χ0v) is 14.5. The molecule has 0 spiro atoms. The van der Waals surface area contributed by atoms with Crippen LogP contribution in [0.1, 0.15) is 21.5 Å². The molecule has 0 saturated heterocycles. The van der Waals surface area contributed by atoms with E-state index in [4.69, 9.17) is 10.5 Å². The molecular weight excluding hydrogens is 405 g/mol. The predicted octanol–water partition coefficient (Wildman–Crippen LogP) is 4.48. The first-order valence-corrected chi connectivity index (χ1v) is 7.57. The lowest BCUT2D eigenvalue weighted by molar-refractivity contribution is 0.103. The van der Waals surface area contributed by atoms with E-state index in [1.807, 2.05) is 6.92 Å². The summed E-state index contributed by atoms with van der Waals surface area (Å²) in [5.41, 5.74) is 7.07. The molecule has 0 amide bonds. The molecule has 110 valence electrons. The lowest BCUT2D eigenvalue weighted by atomic mass is 10.0. The fourth-order valence-electron chi connectivity index (χ4n) is 1.89. The Kier molecular flexibility index (Phi) is 4.68. The largest absolute Gasteiger partial charge is 0.496 e. The minimum absolute atomic E-state index is 0.0771. The summed E-state index contributed by atoms with van der Waals surface area (Å²) in [5.74, 6) is -0.419. The second-order valence-electron chi connectivity index (χ2n) is 4.48. The molecule has 0 aliphatic heterocycles. The van der Waals surface area contributed by atoms with Crippen molar-refractivity contribution < 1.29 is 13.9 Å². The Hall–Kier alpha value is -1.40. The van der Waals surface area contributed by atoms with Gasteiger partial charge in [0.15, 0.2) is 5.78 Å². The molecule has 2 aromatic carbocycles. The molecule has 0 unspecified atom stereocenters. The Bertz CT molecular complexity index is 732. The van der Waals surface area contributed by atoms with E-state index < -0.39 is 5.82 Å². The third-order valence-corrected chi connectivity index (χ3v) is 4.57. The molecule has 0 radical (unpaired) electrons. The smallest absolute Gasteiger partial charge is 0.198 e. The number of nitrogens with two attached hydrogens (primary N) is 1. The van der Waals surface area contributed by atoms with E-state index in [0.29, 0.717) is 15.8 Å². The third kappa shape index (κ3) is 3.11. The van der Waals surface area contributed by atoms with Crippen molar-refractivity contribution in [2.45, 2.75) is 6.92 Å². The van der Waals surface area contributed by atoms with Gasteiger partial charge < -0.3 is 10.5 Å². The maximum atomic E-state index is 13.4. The minimum atomic E-state index is -0.574. The maximum absolute atomic E-state index is 13.4. The number of ether oxygens (including phenoxy) is 1. The first-order chi connectivity index (χ1) is 9.85. The highest BCUT2D eigenvalue weighted by Crippen LogP contribution is 2.31. The van der Waals surface area contributed by atoms with Gasteiger partial charge in [0.2, 0.25) is 0 Å². The van der Waals surface area contributed by atoms with Crippen LogP contribution in [0, 0.1) is 12.7 Å². The fraction of sp³-hybridized carbons (Fsp3) is 0.133. The summed E-state index contributed by atoms with van der Waals surface area (Å²) in [6.45, 7) is 1.90. The Labute approximate surface area is 138 Å². The van der Waals surface area contributed by atoms with Gasteiger partial charge in [-0.15, -0.1) is 0 Å². The van der Waals surface area contributed by atoms with Crippen molar-refractivity contribution in [3.8, 4) is 5.75 Å². The van der Waals surface area contributed by atoms with Gasteiger partial charge in [-0.1, -0.05) is 15.9 Å². The van der Waals surface area contributed by atoms with Gasteiger partial charge in [-0.05, 0) is 52.7 Å². The zero-order chi connectivity index (χ0) is 15.7. The van der Waals surface area contributed by atoms with E-state index in [2.05, 4.69) is 31.9 Å². The number of ketones is 1. The summed E-state index contributed by atoms with van der Waals surface area (Å²) >= 11 is 6.58. The lowest BCUT2D eigenvalue weighted by Crippen LogP contribution is -2.07. The summed E-state index contributed by atoms with van der Waals surface area (Å²) in [6.07, 6.45) is 0. The number of carbonyl (C=O) groups excluding carboxylic acids is 1. The van der Waals surface area contributed by atoms with Gasteiger partial charge in [0.05, 0.1) is 18.4 Å². The number of rotatable bonds is 3. The Morgan fingerprint density at radius 2 is 1.81 bits per heavy atom. The number of halogens is 3. The second-order valence-corrected chi connectivity index (χ2v) is 6.19. The van der Waals surface area contributed by atoms with Crippen LogP contribution < -0.4 is 10.5 Å². The van der Waals surface area contributed by atoms with Gasteiger partial charge in [0.1, 0.15) is 11.6 Å². The van der Waals surface area contributed by atoms with Gasteiger partial charge in [-0.2, -0.15) is 0 Å². The molecule has 2 N–H and O–H groups in total. The predicted molar refractivity (Wildman–Crippen MR) is 87.4 cm³/mol. The number of hydrogen-bond acceptors (Lipinski definition) is 3. The van der Waals surface area contributed by atoms with Gasteiger partial charge in [0.25, 0.3) is 0 Å². The number of aryl methyl sites for hydroxylation is 1. The molecule has 21 heavy (non-hydrogen) atoms. The molecule has 0 aromatic heterocycles. The molecular formula is C15H12Br2FNO2. The van der Waals surface area contributed by atoms with Gasteiger partial charge in [-0.3, -0.25) is 4.79 Å². The number of methoxy groups -OCH3 is 1. The molecule has 6 heteroatoms. The highest BCUT2D eigenvalue weighted by Gasteiger charge is 2.20. The van der Waals surface area contributed by atoms with Crippen LogP contribution in [-0.2, 0) is 0 Å². The first kappa shape index (κ1) is 16.0. The average molecular weight is 417 g/mol. The molecule has 0 bridgehead atoms. The molecule has 2 aromatic rings. The molecule has 0 heterocycles. The van der Waals surface area contributed by atoms with Gasteiger partial charge in [-0.25, -0.2) is 4.39 Å². The van der Waals surface area contributed by atoms with E-state index in [1.165, 1.54) is 19.2 Å². The van der Waals surface area contributed by atoms with E-state index in [0.717, 1.165) is 10.0 Å². The maximum Gasteiger partial charge on any atom is 0.198 e. The van der Waals surface area contributed by atoms with Crippen LogP contribution in [0.4, 0.5) is 10.1 Å². The Balaban J connectivity index is 2.60. The summed E-state index contributed by atoms with van der Waals surface area (Å²) in [7, 11) is 1.49. The number of anilines is 1. The van der Waals surface area contributed by atoms with E-state index in [9.17, 15) is 9.18 Å². The first-order valence-electron chi connectivity index (χ1n) is 5.98. The zero-order valence-electron chi connectivity index (χ0n) is 11.3. The molecule has 0 atom stereocenters. The topological polar surface area (TPSA) is 52.3 Å². The van der Waals surface area contributed by atoms with Crippen molar-refractivity contribution in [2.75, 3.05) is 12.8 Å². The monoisotopic (exact) mass is 415 g/mol. The van der Waals surface area contributed by atoms with Crippen molar-refractivity contribution in [1.29, 1.82) is 0 Å². The van der Waals surface area contributed by atoms with E-state index in [-0.39, 0.29) is 17.0 Å². The standard InChI is InChI=1S/C15H12Br2FNO2/c1-7-3-14(21-2)9(4-10(7)16)15(20)8-5-13(19)12(18)6-11(8)17/h3-6H,19H2,1-2H3. The lowest BCUT2D eigenvalue weighted by Gasteiger charge is -2.12. The second kappa shape index (κ2) is 6.15. The number of carbonyl (C=O) groups is 1. The summed E-state index contributed by atoms with van der Waals surface area (Å²) in [4.78, 5) is 12.7. The molecule has 0 fully saturated rings. The third-order valence-electron chi connectivity index (χ3n) is 3.06. The van der Waals surface area contributed by atoms with Crippen LogP contribution in [0.25, 0.3) is 0 Å². The highest BCUT2D eigenvalue weighted by molar-refractivity contribution is 9.10. The van der Waals surface area contributed by atoms with Crippen molar-refractivity contribution in [1.82, 2.24) is 0 Å². The van der Waals surface area contributed by atoms with Crippen LogP contribution >= 0.6 is 31.9 Å². The van der Waals surface area contributed by atoms with Crippen LogP contribution in [0.15, 0.2) is 33.2 Å². The van der Waals surface area contributed by atoms with E-state index in [1.54, 1.807) is 12.1 Å². The Morgan fingerprint density at radius 3 is 2.43 bits per heavy atom. The van der Waals surface area contributed by atoms with Crippen molar-refractivity contribution in [3.63, 3.8) is 0 Å². The van der Waals surface area contributed by atoms with Crippen molar-refractivity contribution in [3.05, 3.63) is 55.7 Å². The number of hydrogen-bond donors (Lipinski definition) is 1. The minimum Gasteiger partial charge on any atom is -0.496 e. The van der Waals surface area contributed by atoms with Crippen LogP contribution in [-0.4, -0.2) is 12.9 Å². The van der Waals surface area contributed by atoms with Crippen molar-refractivity contribution in [2.24, 2.45) is 0 Å². The molecule has 0 saturated carbocycles. The average Bonchev–Trinajstić information content (AvgIpc) is 2.44. The summed E-state index contributed by atoms with van der Waals surface area (Å²) < 4.78 is 19.8. The Morgan fingerprint density at radius 1 is 1.14 bits per heavy atom. The quantitative estimate of drug-likeness (QED) is 0.592. The normalized spacial score (nSPS) is 10.5.